The summed E-state index contributed by atoms with van der Waals surface area (Å²) in [5.41, 5.74) is 7.17. The topological polar surface area (TPSA) is 47.7 Å². The van der Waals surface area contributed by atoms with E-state index in [2.05, 4.69) is 24.8 Å². The minimum Gasteiger partial charge on any atom is -0.497 e. The summed E-state index contributed by atoms with van der Waals surface area (Å²) >= 11 is 0. The molecule has 1 aromatic rings. The average Bonchev–Trinajstić information content (AvgIpc) is 2.53. The van der Waals surface area contributed by atoms with Crippen LogP contribution in [-0.2, 0) is 0 Å². The zero-order chi connectivity index (χ0) is 15.4. The quantitative estimate of drug-likeness (QED) is 0.906. The van der Waals surface area contributed by atoms with Gasteiger partial charge in [-0.3, -0.25) is 4.90 Å². The molecular weight excluding hydrogens is 264 g/mol. The molecule has 4 nitrogen and oxygen atoms in total. The predicted molar refractivity (Wildman–Crippen MR) is 85.9 cm³/mol. The molecule has 0 aromatic heterocycles. The van der Waals surface area contributed by atoms with Crippen LogP contribution in [0.3, 0.4) is 0 Å². The predicted octanol–water partition coefficient (Wildman–Crippen LogP) is 2.82. The van der Waals surface area contributed by atoms with Crippen LogP contribution in [-0.4, -0.2) is 38.3 Å². The summed E-state index contributed by atoms with van der Waals surface area (Å²) in [7, 11) is 3.41. The van der Waals surface area contributed by atoms with Crippen molar-refractivity contribution >= 4 is 0 Å². The van der Waals surface area contributed by atoms with E-state index in [-0.39, 0.29) is 6.04 Å². The Kier molecular flexibility index (Phi) is 5.48. The summed E-state index contributed by atoms with van der Waals surface area (Å²) < 4.78 is 10.9. The van der Waals surface area contributed by atoms with Crippen molar-refractivity contribution in [3.63, 3.8) is 0 Å². The smallest absolute Gasteiger partial charge is 0.123 e. The molecule has 1 aliphatic heterocycles. The van der Waals surface area contributed by atoms with E-state index >= 15 is 0 Å². The molecule has 0 bridgehead atoms. The third-order valence-corrected chi connectivity index (χ3v) is 4.68. The zero-order valence-electron chi connectivity index (χ0n) is 13.6. The maximum absolute atomic E-state index is 6.00. The number of rotatable bonds is 5. The maximum atomic E-state index is 6.00. The van der Waals surface area contributed by atoms with E-state index in [0.29, 0.717) is 12.6 Å². The summed E-state index contributed by atoms with van der Waals surface area (Å²) in [6.45, 7) is 6.35. The highest BCUT2D eigenvalue weighted by atomic mass is 16.5. The molecule has 2 rings (SSSR count). The van der Waals surface area contributed by atoms with Crippen LogP contribution >= 0.6 is 0 Å². The van der Waals surface area contributed by atoms with E-state index < -0.39 is 0 Å². The Morgan fingerprint density at radius 2 is 2.10 bits per heavy atom. The summed E-state index contributed by atoms with van der Waals surface area (Å²) in [6, 6.07) is 6.72. The molecular formula is C17H28N2O2. The normalized spacial score (nSPS) is 24.6. The zero-order valence-corrected chi connectivity index (χ0v) is 13.6. The lowest BCUT2D eigenvalue weighted by Crippen LogP contribution is -2.47. The first kappa shape index (κ1) is 16.1. The monoisotopic (exact) mass is 292 g/mol. The molecule has 118 valence electrons. The highest BCUT2D eigenvalue weighted by Gasteiger charge is 2.30. The lowest BCUT2D eigenvalue weighted by Gasteiger charge is -2.42. The van der Waals surface area contributed by atoms with Crippen molar-refractivity contribution in [1.29, 1.82) is 0 Å². The molecule has 21 heavy (non-hydrogen) atoms. The summed E-state index contributed by atoms with van der Waals surface area (Å²) in [5.74, 6) is 2.54. The fourth-order valence-corrected chi connectivity index (χ4v) is 3.36. The van der Waals surface area contributed by atoms with Crippen molar-refractivity contribution in [3.05, 3.63) is 23.8 Å². The van der Waals surface area contributed by atoms with Crippen LogP contribution < -0.4 is 15.2 Å². The van der Waals surface area contributed by atoms with Crippen molar-refractivity contribution in [2.45, 2.75) is 38.8 Å². The molecule has 3 atom stereocenters. The minimum atomic E-state index is 0.274. The van der Waals surface area contributed by atoms with E-state index in [1.165, 1.54) is 18.4 Å². The van der Waals surface area contributed by atoms with Crippen LogP contribution in [0.5, 0.6) is 11.5 Å². The number of nitrogens with two attached hydrogens (primary N) is 1. The lowest BCUT2D eigenvalue weighted by molar-refractivity contribution is 0.0821. The van der Waals surface area contributed by atoms with Crippen LogP contribution in [0.15, 0.2) is 18.2 Å². The molecule has 0 aliphatic carbocycles. The average molecular weight is 292 g/mol. The third-order valence-electron chi connectivity index (χ3n) is 4.68. The van der Waals surface area contributed by atoms with Crippen molar-refractivity contribution in [2.75, 3.05) is 27.3 Å². The molecule has 1 heterocycles. The number of ether oxygens (including phenoxy) is 2. The standard InChI is InChI=1S/C17H28N2O2/c1-12-7-8-19(14(9-12)11-18)13(2)16-10-15(20-3)5-6-17(16)21-4/h5-6,10,12-14H,7-9,11,18H2,1-4H3. The SMILES string of the molecule is COc1ccc(OC)c(C(C)N2CCC(C)CC2CN)c1. The Balaban J connectivity index is 2.27. The fourth-order valence-electron chi connectivity index (χ4n) is 3.36. The molecule has 1 saturated heterocycles. The number of piperidine rings is 1. The Morgan fingerprint density at radius 1 is 1.33 bits per heavy atom. The molecule has 0 radical (unpaired) electrons. The van der Waals surface area contributed by atoms with Gasteiger partial charge in [0.2, 0.25) is 0 Å². The number of hydrogen-bond acceptors (Lipinski definition) is 4. The Bertz CT molecular complexity index is 464. The summed E-state index contributed by atoms with van der Waals surface area (Å²) in [6.07, 6.45) is 2.40. The van der Waals surface area contributed by atoms with Gasteiger partial charge >= 0.3 is 0 Å². The van der Waals surface area contributed by atoms with Gasteiger partial charge in [0.25, 0.3) is 0 Å². The van der Waals surface area contributed by atoms with Gasteiger partial charge in [0.15, 0.2) is 0 Å². The van der Waals surface area contributed by atoms with Crippen LogP contribution in [0.25, 0.3) is 0 Å². The van der Waals surface area contributed by atoms with Crippen molar-refractivity contribution in [1.82, 2.24) is 4.90 Å². The second-order valence-corrected chi connectivity index (χ2v) is 6.04. The van der Waals surface area contributed by atoms with E-state index in [1.807, 2.05) is 12.1 Å². The highest BCUT2D eigenvalue weighted by Crippen LogP contribution is 2.36. The van der Waals surface area contributed by atoms with Gasteiger partial charge in [-0.2, -0.15) is 0 Å². The Labute approximate surface area is 128 Å². The molecule has 0 spiro atoms. The van der Waals surface area contributed by atoms with Gasteiger partial charge in [-0.15, -0.1) is 0 Å². The first-order valence-electron chi connectivity index (χ1n) is 7.78. The molecule has 1 aromatic carbocycles. The first-order chi connectivity index (χ1) is 10.1. The van der Waals surface area contributed by atoms with Gasteiger partial charge in [-0.05, 0) is 50.4 Å². The second kappa shape index (κ2) is 7.14. The molecule has 0 amide bonds. The first-order valence-corrected chi connectivity index (χ1v) is 7.78. The number of methoxy groups -OCH3 is 2. The molecule has 3 unspecified atom stereocenters. The Hall–Kier alpha value is -1.26. The van der Waals surface area contributed by atoms with E-state index in [0.717, 1.165) is 24.0 Å². The van der Waals surface area contributed by atoms with Gasteiger partial charge in [0.1, 0.15) is 11.5 Å². The number of hydrogen-bond donors (Lipinski definition) is 1. The van der Waals surface area contributed by atoms with Crippen molar-refractivity contribution in [2.24, 2.45) is 11.7 Å². The van der Waals surface area contributed by atoms with Crippen molar-refractivity contribution < 1.29 is 9.47 Å². The van der Waals surface area contributed by atoms with Gasteiger partial charge in [0, 0.05) is 24.2 Å². The number of nitrogens with zero attached hydrogens (tertiary/aromatic N) is 1. The minimum absolute atomic E-state index is 0.274. The van der Waals surface area contributed by atoms with Crippen LogP contribution in [0.4, 0.5) is 0 Å². The third kappa shape index (κ3) is 3.50. The largest absolute Gasteiger partial charge is 0.497 e. The van der Waals surface area contributed by atoms with E-state index in [1.54, 1.807) is 14.2 Å². The second-order valence-electron chi connectivity index (χ2n) is 6.04. The molecule has 4 heteroatoms. The maximum Gasteiger partial charge on any atom is 0.123 e. The van der Waals surface area contributed by atoms with Crippen LogP contribution in [0.2, 0.25) is 0 Å². The fraction of sp³-hybridized carbons (Fsp3) is 0.647. The molecule has 2 N–H and O–H groups in total. The molecule has 1 aliphatic rings. The van der Waals surface area contributed by atoms with Gasteiger partial charge < -0.3 is 15.2 Å². The molecule has 1 fully saturated rings. The lowest BCUT2D eigenvalue weighted by atomic mass is 9.90. The van der Waals surface area contributed by atoms with E-state index in [4.69, 9.17) is 15.2 Å². The number of likely N-dealkylation sites (tertiary alicyclic amines) is 1. The number of benzene rings is 1. The van der Waals surface area contributed by atoms with Gasteiger partial charge in [-0.1, -0.05) is 6.92 Å². The molecule has 0 saturated carbocycles. The van der Waals surface area contributed by atoms with Gasteiger partial charge in [0.05, 0.1) is 14.2 Å². The summed E-state index contributed by atoms with van der Waals surface area (Å²) in [4.78, 5) is 2.51. The van der Waals surface area contributed by atoms with Gasteiger partial charge in [-0.25, -0.2) is 0 Å². The van der Waals surface area contributed by atoms with E-state index in [9.17, 15) is 0 Å². The highest BCUT2D eigenvalue weighted by molar-refractivity contribution is 5.42. The van der Waals surface area contributed by atoms with Crippen molar-refractivity contribution in [3.8, 4) is 11.5 Å². The van der Waals surface area contributed by atoms with Crippen LogP contribution in [0, 0.1) is 5.92 Å². The van der Waals surface area contributed by atoms with Crippen LogP contribution in [0.1, 0.15) is 38.3 Å². The Morgan fingerprint density at radius 3 is 2.71 bits per heavy atom. The summed E-state index contributed by atoms with van der Waals surface area (Å²) in [5, 5.41) is 0.